The molecule has 0 spiro atoms. The predicted molar refractivity (Wildman–Crippen MR) is 101 cm³/mol. The van der Waals surface area contributed by atoms with Crippen molar-refractivity contribution in [2.45, 2.75) is 23.1 Å². The van der Waals surface area contributed by atoms with Crippen molar-refractivity contribution in [3.63, 3.8) is 0 Å². The quantitative estimate of drug-likeness (QED) is 0.246. The van der Waals surface area contributed by atoms with Crippen molar-refractivity contribution >= 4 is 27.0 Å². The van der Waals surface area contributed by atoms with Crippen molar-refractivity contribution in [1.82, 2.24) is 0 Å². The summed E-state index contributed by atoms with van der Waals surface area (Å²) >= 11 is 0. The summed E-state index contributed by atoms with van der Waals surface area (Å²) in [5, 5.41) is 8.66. The van der Waals surface area contributed by atoms with Gasteiger partial charge in [0.25, 0.3) is 0 Å². The zero-order valence-electron chi connectivity index (χ0n) is 15.5. The molecule has 2 rings (SSSR count). The minimum atomic E-state index is -6.09. The molecule has 0 aliphatic rings. The molecule has 0 bridgehead atoms. The van der Waals surface area contributed by atoms with Crippen LogP contribution in [0.15, 0.2) is 53.4 Å². The summed E-state index contributed by atoms with van der Waals surface area (Å²) in [6.45, 7) is 1.52. The molecule has 0 radical (unpaired) electrons. The Kier molecular flexibility index (Phi) is 9.14. The number of hydrogen-bond acceptors (Lipinski definition) is 6. The Balaban J connectivity index is 0.000000447. The largest absolute Gasteiger partial charge is 0.741 e. The van der Waals surface area contributed by atoms with Gasteiger partial charge in [0, 0.05) is 16.5 Å². The predicted octanol–water partition coefficient (Wildman–Crippen LogP) is 2.75. The number of benzene rings is 2. The number of aliphatic hydroxyl groups excluding tert-OH is 1. The highest BCUT2D eigenvalue weighted by molar-refractivity contribution is 7.95. The molecule has 2 aromatic rings. The summed E-state index contributed by atoms with van der Waals surface area (Å²) in [5.74, 6) is 0.825. The van der Waals surface area contributed by atoms with E-state index >= 15 is 0 Å². The SMILES string of the molecule is Cc1ccccc1C[S+](C)c1ccc(OC(=O)CO)cc1.O=S(=O)([O-])C(F)(F)F. The van der Waals surface area contributed by atoms with Gasteiger partial charge in [-0.15, -0.1) is 0 Å². The molecule has 0 saturated carbocycles. The first-order valence-corrected chi connectivity index (χ1v) is 11.2. The van der Waals surface area contributed by atoms with Crippen LogP contribution in [-0.2, 0) is 31.6 Å². The Hall–Kier alpha value is -2.08. The number of esters is 1. The Morgan fingerprint density at radius 1 is 1.14 bits per heavy atom. The standard InChI is InChI=1S/C17H19O3S.CHF3O3S/c1-13-5-3-4-6-14(13)12-21(2)16-9-7-15(8-10-16)20-17(19)11-18;2-1(3,4)8(5,6)7/h3-10,18H,11-12H2,1-2H3;(H,5,6,7)/q+1;/p-1. The second-order valence-electron chi connectivity index (χ2n) is 5.71. The number of carbonyl (C=O) groups excluding carboxylic acids is 1. The molecule has 0 aliphatic carbocycles. The Labute approximate surface area is 169 Å². The molecular weight excluding hydrogens is 433 g/mol. The normalized spacial score (nSPS) is 12.5. The number of alkyl halides is 3. The van der Waals surface area contributed by atoms with Crippen LogP contribution >= 0.6 is 0 Å². The number of aryl methyl sites for hydroxylation is 1. The molecule has 160 valence electrons. The number of aliphatic hydroxyl groups is 1. The lowest BCUT2D eigenvalue weighted by molar-refractivity contribution is -0.137. The van der Waals surface area contributed by atoms with Gasteiger partial charge in [0.05, 0.1) is 0 Å². The van der Waals surface area contributed by atoms with E-state index in [9.17, 15) is 18.0 Å². The molecule has 6 nitrogen and oxygen atoms in total. The van der Waals surface area contributed by atoms with Gasteiger partial charge in [0.15, 0.2) is 15.0 Å². The van der Waals surface area contributed by atoms with Crippen molar-refractivity contribution in [2.24, 2.45) is 0 Å². The van der Waals surface area contributed by atoms with Crippen LogP contribution in [0.3, 0.4) is 0 Å². The molecular formula is C18H19F3O6S2. The fourth-order valence-corrected chi connectivity index (χ4v) is 3.55. The number of rotatable bonds is 5. The minimum Gasteiger partial charge on any atom is -0.741 e. The van der Waals surface area contributed by atoms with Crippen LogP contribution in [0, 0.1) is 6.92 Å². The van der Waals surface area contributed by atoms with Crippen LogP contribution in [0.4, 0.5) is 13.2 Å². The number of halogens is 3. The summed E-state index contributed by atoms with van der Waals surface area (Å²) in [5.41, 5.74) is -2.98. The van der Waals surface area contributed by atoms with Crippen LogP contribution in [0.5, 0.6) is 5.75 Å². The van der Waals surface area contributed by atoms with E-state index in [1.54, 1.807) is 12.1 Å². The van der Waals surface area contributed by atoms with Crippen molar-refractivity contribution in [2.75, 3.05) is 12.9 Å². The third kappa shape index (κ3) is 8.44. The first kappa shape index (κ1) is 25.0. The van der Waals surface area contributed by atoms with Crippen LogP contribution in [0.2, 0.25) is 0 Å². The van der Waals surface area contributed by atoms with E-state index in [0.29, 0.717) is 5.75 Å². The molecule has 1 atom stereocenters. The Morgan fingerprint density at radius 3 is 2.10 bits per heavy atom. The van der Waals surface area contributed by atoms with E-state index in [-0.39, 0.29) is 10.9 Å². The third-order valence-electron chi connectivity index (χ3n) is 3.50. The zero-order valence-corrected chi connectivity index (χ0v) is 17.1. The van der Waals surface area contributed by atoms with Crippen molar-refractivity contribution in [1.29, 1.82) is 0 Å². The van der Waals surface area contributed by atoms with Gasteiger partial charge in [0.1, 0.15) is 24.4 Å². The Bertz CT molecular complexity index is 912. The van der Waals surface area contributed by atoms with Crippen molar-refractivity contribution in [3.8, 4) is 5.75 Å². The molecule has 0 aromatic heterocycles. The van der Waals surface area contributed by atoms with E-state index < -0.39 is 28.2 Å². The van der Waals surface area contributed by atoms with Crippen LogP contribution in [0.1, 0.15) is 11.1 Å². The molecule has 1 N–H and O–H groups in total. The molecule has 11 heteroatoms. The van der Waals surface area contributed by atoms with Crippen molar-refractivity contribution in [3.05, 3.63) is 59.7 Å². The molecule has 0 fully saturated rings. The lowest BCUT2D eigenvalue weighted by atomic mass is 10.1. The maximum Gasteiger partial charge on any atom is 0.485 e. The van der Waals surface area contributed by atoms with Gasteiger partial charge in [-0.2, -0.15) is 13.2 Å². The summed E-state index contributed by atoms with van der Waals surface area (Å²) in [4.78, 5) is 12.2. The van der Waals surface area contributed by atoms with Crippen LogP contribution in [0.25, 0.3) is 0 Å². The topological polar surface area (TPSA) is 104 Å². The van der Waals surface area contributed by atoms with Gasteiger partial charge in [-0.05, 0) is 36.8 Å². The second kappa shape index (κ2) is 10.6. The average molecular weight is 452 g/mol. The van der Waals surface area contributed by atoms with E-state index in [1.165, 1.54) is 16.0 Å². The Morgan fingerprint density at radius 2 is 1.66 bits per heavy atom. The highest BCUT2D eigenvalue weighted by Gasteiger charge is 2.36. The molecule has 2 aromatic carbocycles. The van der Waals surface area contributed by atoms with E-state index in [4.69, 9.17) is 22.8 Å². The van der Waals surface area contributed by atoms with Gasteiger partial charge in [-0.3, -0.25) is 0 Å². The van der Waals surface area contributed by atoms with E-state index in [0.717, 1.165) is 5.75 Å². The van der Waals surface area contributed by atoms with Gasteiger partial charge < -0.3 is 14.4 Å². The van der Waals surface area contributed by atoms with Gasteiger partial charge >= 0.3 is 11.5 Å². The third-order valence-corrected chi connectivity index (χ3v) is 5.89. The monoisotopic (exact) mass is 452 g/mol. The molecule has 1 unspecified atom stereocenters. The molecule has 0 saturated heterocycles. The van der Waals surface area contributed by atoms with Crippen LogP contribution < -0.4 is 4.74 Å². The van der Waals surface area contributed by atoms with Crippen molar-refractivity contribution < 1.29 is 40.8 Å². The van der Waals surface area contributed by atoms with E-state index in [1.807, 2.05) is 12.1 Å². The maximum atomic E-state index is 11.0. The molecule has 29 heavy (non-hydrogen) atoms. The smallest absolute Gasteiger partial charge is 0.485 e. The summed E-state index contributed by atoms with van der Waals surface area (Å²) in [7, 11) is -6.00. The fraction of sp³-hybridized carbons (Fsp3) is 0.278. The maximum absolute atomic E-state index is 11.0. The highest BCUT2D eigenvalue weighted by atomic mass is 32.2. The lowest BCUT2D eigenvalue weighted by Gasteiger charge is -2.08. The average Bonchev–Trinajstić information content (AvgIpc) is 2.63. The molecule has 0 aliphatic heterocycles. The number of carbonyl (C=O) groups is 1. The fourth-order valence-electron chi connectivity index (χ4n) is 1.99. The number of hydrogen-bond donors (Lipinski definition) is 1. The van der Waals surface area contributed by atoms with Gasteiger partial charge in [0.2, 0.25) is 0 Å². The van der Waals surface area contributed by atoms with Gasteiger partial charge in [-0.25, -0.2) is 13.2 Å². The van der Waals surface area contributed by atoms with Gasteiger partial charge in [-0.1, -0.05) is 24.3 Å². The molecule has 0 heterocycles. The summed E-state index contributed by atoms with van der Waals surface area (Å²) in [6.07, 6.45) is 2.21. The highest BCUT2D eigenvalue weighted by Crippen LogP contribution is 2.22. The first-order valence-electron chi connectivity index (χ1n) is 7.96. The zero-order chi connectivity index (χ0) is 22.2. The first-order chi connectivity index (χ1) is 13.3. The van der Waals surface area contributed by atoms with E-state index in [2.05, 4.69) is 37.4 Å². The molecule has 0 amide bonds. The van der Waals surface area contributed by atoms with Crippen LogP contribution in [-0.4, -0.2) is 42.4 Å². The lowest BCUT2D eigenvalue weighted by Crippen LogP contribution is -2.21. The number of ether oxygens (including phenoxy) is 1. The second-order valence-corrected chi connectivity index (χ2v) is 9.12. The minimum absolute atomic E-state index is 0.0927. The summed E-state index contributed by atoms with van der Waals surface area (Å²) in [6, 6.07) is 15.9. The summed E-state index contributed by atoms with van der Waals surface area (Å²) < 4.78 is 63.9.